The summed E-state index contributed by atoms with van der Waals surface area (Å²) in [5.41, 5.74) is 0. The highest BCUT2D eigenvalue weighted by atomic mass is 16.5. The van der Waals surface area contributed by atoms with Crippen molar-refractivity contribution in [3.8, 4) is 0 Å². The fourth-order valence-corrected chi connectivity index (χ4v) is 0.265. The topological polar surface area (TPSA) is 83.8 Å². The predicted molar refractivity (Wildman–Crippen MR) is 30.1 cm³/mol. The molecule has 0 aliphatic rings. The van der Waals surface area contributed by atoms with Crippen molar-refractivity contribution in [2.24, 2.45) is 0 Å². The van der Waals surface area contributed by atoms with Gasteiger partial charge in [-0.2, -0.15) is 0 Å². The van der Waals surface area contributed by atoms with E-state index >= 15 is 0 Å². The Bertz CT molecular complexity index is 121. The first-order chi connectivity index (χ1) is 4.70. The van der Waals surface area contributed by atoms with Crippen molar-refractivity contribution >= 4 is 12.3 Å². The second-order valence-corrected chi connectivity index (χ2v) is 1.58. The van der Waals surface area contributed by atoms with Crippen molar-refractivity contribution in [2.75, 3.05) is 13.2 Å². The SMILES string of the molecule is O=CC(=O)OCC(O)CO. The van der Waals surface area contributed by atoms with Gasteiger partial charge in [-0.15, -0.1) is 0 Å². The van der Waals surface area contributed by atoms with Crippen molar-refractivity contribution in [1.82, 2.24) is 0 Å². The summed E-state index contributed by atoms with van der Waals surface area (Å²) in [4.78, 5) is 19.6. The summed E-state index contributed by atoms with van der Waals surface area (Å²) in [5, 5.41) is 16.7. The van der Waals surface area contributed by atoms with Crippen LogP contribution in [0.2, 0.25) is 0 Å². The second kappa shape index (κ2) is 4.89. The Morgan fingerprint density at radius 2 is 2.30 bits per heavy atom. The van der Waals surface area contributed by atoms with Gasteiger partial charge >= 0.3 is 5.97 Å². The van der Waals surface area contributed by atoms with Crippen molar-refractivity contribution in [2.45, 2.75) is 6.10 Å². The van der Waals surface area contributed by atoms with Crippen LogP contribution in [0.25, 0.3) is 0 Å². The number of aliphatic hydroxyl groups is 2. The zero-order valence-electron chi connectivity index (χ0n) is 5.19. The minimum Gasteiger partial charge on any atom is -0.457 e. The zero-order valence-corrected chi connectivity index (χ0v) is 5.19. The van der Waals surface area contributed by atoms with E-state index in [0.717, 1.165) is 0 Å². The van der Waals surface area contributed by atoms with Gasteiger partial charge in [0.2, 0.25) is 6.29 Å². The largest absolute Gasteiger partial charge is 0.457 e. The van der Waals surface area contributed by atoms with Crippen LogP contribution < -0.4 is 0 Å². The number of aliphatic hydroxyl groups excluding tert-OH is 2. The molecule has 0 aromatic carbocycles. The third-order valence-corrected chi connectivity index (χ3v) is 0.725. The van der Waals surface area contributed by atoms with E-state index < -0.39 is 18.7 Å². The first-order valence-corrected chi connectivity index (χ1v) is 2.61. The number of ether oxygens (including phenoxy) is 1. The number of esters is 1. The Balaban J connectivity index is 3.34. The van der Waals surface area contributed by atoms with Gasteiger partial charge in [-0.1, -0.05) is 0 Å². The summed E-state index contributed by atoms with van der Waals surface area (Å²) >= 11 is 0. The van der Waals surface area contributed by atoms with Gasteiger partial charge in [-0.05, 0) is 0 Å². The summed E-state index contributed by atoms with van der Waals surface area (Å²) in [5.74, 6) is -1.05. The maximum Gasteiger partial charge on any atom is 0.371 e. The van der Waals surface area contributed by atoms with Crippen molar-refractivity contribution in [3.05, 3.63) is 0 Å². The van der Waals surface area contributed by atoms with Gasteiger partial charge in [-0.25, -0.2) is 4.79 Å². The van der Waals surface area contributed by atoms with E-state index in [4.69, 9.17) is 10.2 Å². The molecule has 5 nitrogen and oxygen atoms in total. The first kappa shape index (κ1) is 9.06. The molecule has 0 saturated heterocycles. The predicted octanol–water partition coefficient (Wildman–Crippen LogP) is -1.92. The van der Waals surface area contributed by atoms with Crippen LogP contribution in [0.5, 0.6) is 0 Å². The van der Waals surface area contributed by atoms with Crippen LogP contribution in [0, 0.1) is 0 Å². The second-order valence-electron chi connectivity index (χ2n) is 1.58. The Labute approximate surface area is 57.2 Å². The van der Waals surface area contributed by atoms with E-state index in [1.54, 1.807) is 0 Å². The normalized spacial score (nSPS) is 12.2. The molecule has 0 fully saturated rings. The van der Waals surface area contributed by atoms with Crippen LogP contribution in [-0.2, 0) is 14.3 Å². The molecule has 58 valence electrons. The lowest BCUT2D eigenvalue weighted by Crippen LogP contribution is -2.22. The summed E-state index contributed by atoms with van der Waals surface area (Å²) in [6, 6.07) is 0. The highest BCUT2D eigenvalue weighted by molar-refractivity contribution is 6.20. The first-order valence-electron chi connectivity index (χ1n) is 2.61. The van der Waals surface area contributed by atoms with Gasteiger partial charge in [-0.3, -0.25) is 4.79 Å². The lowest BCUT2D eigenvalue weighted by Gasteiger charge is -2.04. The maximum atomic E-state index is 10.0. The highest BCUT2D eigenvalue weighted by Gasteiger charge is 2.05. The van der Waals surface area contributed by atoms with Crippen LogP contribution in [0.3, 0.4) is 0 Å². The van der Waals surface area contributed by atoms with Gasteiger partial charge < -0.3 is 14.9 Å². The van der Waals surface area contributed by atoms with E-state index in [9.17, 15) is 9.59 Å². The maximum absolute atomic E-state index is 10.0. The van der Waals surface area contributed by atoms with Crippen LogP contribution in [0.15, 0.2) is 0 Å². The monoisotopic (exact) mass is 148 g/mol. The molecule has 2 N–H and O–H groups in total. The van der Waals surface area contributed by atoms with Gasteiger partial charge in [0.15, 0.2) is 0 Å². The number of hydrogen-bond acceptors (Lipinski definition) is 5. The Kier molecular flexibility index (Phi) is 4.43. The van der Waals surface area contributed by atoms with Crippen LogP contribution >= 0.6 is 0 Å². The molecule has 0 spiro atoms. The summed E-state index contributed by atoms with van der Waals surface area (Å²) in [6.07, 6.45) is -1.12. The number of rotatable bonds is 4. The van der Waals surface area contributed by atoms with E-state index in [0.29, 0.717) is 0 Å². The van der Waals surface area contributed by atoms with Gasteiger partial charge in [0.25, 0.3) is 0 Å². The lowest BCUT2D eigenvalue weighted by atomic mass is 10.4. The lowest BCUT2D eigenvalue weighted by molar-refractivity contribution is -0.151. The van der Waals surface area contributed by atoms with Crippen LogP contribution in [0.1, 0.15) is 0 Å². The van der Waals surface area contributed by atoms with Gasteiger partial charge in [0.1, 0.15) is 12.7 Å². The van der Waals surface area contributed by atoms with Crippen molar-refractivity contribution < 1.29 is 24.5 Å². The fourth-order valence-electron chi connectivity index (χ4n) is 0.265. The molecule has 0 aromatic heterocycles. The fraction of sp³-hybridized carbons (Fsp3) is 0.600. The Morgan fingerprint density at radius 3 is 2.70 bits per heavy atom. The van der Waals surface area contributed by atoms with Crippen molar-refractivity contribution in [3.63, 3.8) is 0 Å². The molecule has 0 aliphatic heterocycles. The molecule has 0 aliphatic carbocycles. The van der Waals surface area contributed by atoms with E-state index in [1.807, 2.05) is 0 Å². The third kappa shape index (κ3) is 3.99. The third-order valence-electron chi connectivity index (χ3n) is 0.725. The number of carbonyl (C=O) groups excluding carboxylic acids is 2. The molecule has 0 rings (SSSR count). The van der Waals surface area contributed by atoms with Gasteiger partial charge in [0, 0.05) is 0 Å². The van der Waals surface area contributed by atoms with E-state index in [-0.39, 0.29) is 12.9 Å². The Morgan fingerprint density at radius 1 is 1.70 bits per heavy atom. The molecule has 10 heavy (non-hydrogen) atoms. The number of aldehydes is 1. The Hall–Kier alpha value is -0.940. The standard InChI is InChI=1S/C5H8O5/c6-1-4(8)3-10-5(9)2-7/h2,4,6,8H,1,3H2. The van der Waals surface area contributed by atoms with Crippen LogP contribution in [0.4, 0.5) is 0 Å². The van der Waals surface area contributed by atoms with E-state index in [1.165, 1.54) is 0 Å². The summed E-state index contributed by atoms with van der Waals surface area (Å²) in [6.45, 7) is -0.847. The number of hydrogen-bond donors (Lipinski definition) is 2. The molecule has 0 heterocycles. The van der Waals surface area contributed by atoms with Gasteiger partial charge in [0.05, 0.1) is 6.61 Å². The molecule has 1 unspecified atom stereocenters. The van der Waals surface area contributed by atoms with Crippen LogP contribution in [-0.4, -0.2) is 41.8 Å². The minimum absolute atomic E-state index is 0.00983. The molecule has 0 aromatic rings. The molecule has 0 bridgehead atoms. The summed E-state index contributed by atoms with van der Waals surface area (Å²) < 4.78 is 4.13. The molecular formula is C5H8O5. The smallest absolute Gasteiger partial charge is 0.371 e. The van der Waals surface area contributed by atoms with E-state index in [2.05, 4.69) is 4.74 Å². The summed E-state index contributed by atoms with van der Waals surface area (Å²) in [7, 11) is 0. The minimum atomic E-state index is -1.11. The average Bonchev–Trinajstić information content (AvgIpc) is 1.99. The highest BCUT2D eigenvalue weighted by Crippen LogP contribution is 1.82. The molecule has 0 amide bonds. The average molecular weight is 148 g/mol. The molecule has 0 radical (unpaired) electrons. The quantitative estimate of drug-likeness (QED) is 0.276. The van der Waals surface area contributed by atoms with Crippen molar-refractivity contribution in [1.29, 1.82) is 0 Å². The molecular weight excluding hydrogens is 140 g/mol. The molecule has 1 atom stereocenters. The number of carbonyl (C=O) groups is 2. The molecule has 5 heteroatoms. The zero-order chi connectivity index (χ0) is 7.98. The molecule has 0 saturated carbocycles.